The van der Waals surface area contributed by atoms with Crippen LogP contribution < -0.4 is 0 Å². The van der Waals surface area contributed by atoms with E-state index in [0.29, 0.717) is 21.2 Å². The second kappa shape index (κ2) is 4.60. The molecule has 0 radical (unpaired) electrons. The number of rotatable bonds is 2. The van der Waals surface area contributed by atoms with Crippen LogP contribution in [-0.2, 0) is 0 Å². The SMILES string of the molecule is C#CCSc1nc(S)nc(S)n1. The molecule has 0 aromatic carbocycles. The summed E-state index contributed by atoms with van der Waals surface area (Å²) in [5.41, 5.74) is 0. The van der Waals surface area contributed by atoms with Crippen molar-refractivity contribution >= 4 is 37.0 Å². The lowest BCUT2D eigenvalue weighted by Gasteiger charge is -1.97. The van der Waals surface area contributed by atoms with Crippen molar-refractivity contribution in [1.82, 2.24) is 15.0 Å². The molecule has 0 aliphatic carbocycles. The molecule has 0 saturated carbocycles. The molecule has 6 heteroatoms. The maximum Gasteiger partial charge on any atom is 0.193 e. The molecular formula is C6H5N3S3. The summed E-state index contributed by atoms with van der Waals surface area (Å²) in [5, 5.41) is 1.27. The lowest BCUT2D eigenvalue weighted by molar-refractivity contribution is 0.723. The van der Waals surface area contributed by atoms with E-state index < -0.39 is 0 Å². The number of thioether (sulfide) groups is 1. The van der Waals surface area contributed by atoms with Gasteiger partial charge >= 0.3 is 0 Å². The third kappa shape index (κ3) is 2.93. The molecule has 12 heavy (non-hydrogen) atoms. The summed E-state index contributed by atoms with van der Waals surface area (Å²) in [6.07, 6.45) is 5.07. The predicted molar refractivity (Wildman–Crippen MR) is 53.9 cm³/mol. The maximum atomic E-state index is 5.07. The summed E-state index contributed by atoms with van der Waals surface area (Å²) in [5.74, 6) is 3.00. The van der Waals surface area contributed by atoms with Gasteiger partial charge in [-0.2, -0.15) is 15.0 Å². The topological polar surface area (TPSA) is 38.7 Å². The minimum Gasteiger partial charge on any atom is -0.197 e. The van der Waals surface area contributed by atoms with Crippen LogP contribution in [0.4, 0.5) is 0 Å². The van der Waals surface area contributed by atoms with Crippen molar-refractivity contribution in [1.29, 1.82) is 0 Å². The molecule has 0 atom stereocenters. The summed E-state index contributed by atoms with van der Waals surface area (Å²) >= 11 is 9.29. The zero-order valence-corrected chi connectivity index (χ0v) is 8.53. The van der Waals surface area contributed by atoms with Gasteiger partial charge in [-0.05, 0) is 0 Å². The van der Waals surface area contributed by atoms with Crippen LogP contribution in [0.5, 0.6) is 0 Å². The van der Waals surface area contributed by atoms with Gasteiger partial charge in [-0.25, -0.2) is 0 Å². The van der Waals surface area contributed by atoms with Crippen LogP contribution in [0.25, 0.3) is 0 Å². The van der Waals surface area contributed by atoms with Crippen LogP contribution in [-0.4, -0.2) is 20.7 Å². The number of aromatic nitrogens is 3. The van der Waals surface area contributed by atoms with Gasteiger partial charge in [0.15, 0.2) is 15.5 Å². The first-order valence-corrected chi connectivity index (χ1v) is 4.80. The average Bonchev–Trinajstić information content (AvgIpc) is 1.99. The Balaban J connectivity index is 2.80. The van der Waals surface area contributed by atoms with Crippen LogP contribution in [0.2, 0.25) is 0 Å². The lowest BCUT2D eigenvalue weighted by Crippen LogP contribution is -1.93. The number of terminal acetylenes is 1. The lowest BCUT2D eigenvalue weighted by atomic mass is 10.8. The molecule has 1 rings (SSSR count). The summed E-state index contributed by atoms with van der Waals surface area (Å²) in [6, 6.07) is 0. The average molecular weight is 215 g/mol. The van der Waals surface area contributed by atoms with E-state index >= 15 is 0 Å². The van der Waals surface area contributed by atoms with Gasteiger partial charge in [0.1, 0.15) is 0 Å². The van der Waals surface area contributed by atoms with Crippen LogP contribution in [0.1, 0.15) is 0 Å². The van der Waals surface area contributed by atoms with E-state index in [0.717, 1.165) is 0 Å². The number of hydrogen-bond acceptors (Lipinski definition) is 6. The van der Waals surface area contributed by atoms with Crippen molar-refractivity contribution in [3.63, 3.8) is 0 Å². The van der Waals surface area contributed by atoms with Crippen LogP contribution >= 0.6 is 37.0 Å². The Morgan fingerprint density at radius 2 is 1.83 bits per heavy atom. The summed E-state index contributed by atoms with van der Waals surface area (Å²) in [7, 11) is 0. The first kappa shape index (κ1) is 9.71. The third-order valence-electron chi connectivity index (χ3n) is 0.876. The van der Waals surface area contributed by atoms with Crippen molar-refractivity contribution in [3.8, 4) is 12.3 Å². The molecule has 1 aromatic rings. The Morgan fingerprint density at radius 3 is 2.33 bits per heavy atom. The van der Waals surface area contributed by atoms with Crippen LogP contribution in [0.3, 0.4) is 0 Å². The Labute approximate surface area is 85.6 Å². The highest BCUT2D eigenvalue weighted by Crippen LogP contribution is 2.14. The Hall–Kier alpha value is -0.380. The van der Waals surface area contributed by atoms with Crippen LogP contribution in [0.15, 0.2) is 15.5 Å². The predicted octanol–water partition coefficient (Wildman–Crippen LogP) is 1.17. The molecule has 1 heterocycles. The fraction of sp³-hybridized carbons (Fsp3) is 0.167. The summed E-state index contributed by atoms with van der Waals surface area (Å²) in [6.45, 7) is 0. The fourth-order valence-corrected chi connectivity index (χ4v) is 1.61. The zero-order chi connectivity index (χ0) is 8.97. The maximum absolute atomic E-state index is 5.07. The normalized spacial score (nSPS) is 9.42. The highest BCUT2D eigenvalue weighted by Gasteiger charge is 2.00. The molecule has 3 nitrogen and oxygen atoms in total. The van der Waals surface area contributed by atoms with Crippen molar-refractivity contribution in [2.45, 2.75) is 15.5 Å². The Bertz CT molecular complexity index is 300. The Kier molecular flexibility index (Phi) is 3.72. The van der Waals surface area contributed by atoms with Gasteiger partial charge in [0.25, 0.3) is 0 Å². The third-order valence-corrected chi connectivity index (χ3v) is 2.03. The molecular weight excluding hydrogens is 210 g/mol. The smallest absolute Gasteiger partial charge is 0.193 e. The van der Waals surface area contributed by atoms with Crippen molar-refractivity contribution in [2.75, 3.05) is 5.75 Å². The molecule has 0 bridgehead atoms. The molecule has 0 N–H and O–H groups in total. The van der Waals surface area contributed by atoms with E-state index in [2.05, 4.69) is 46.1 Å². The second-order valence-electron chi connectivity index (χ2n) is 1.71. The largest absolute Gasteiger partial charge is 0.197 e. The Morgan fingerprint density at radius 1 is 1.25 bits per heavy atom. The van der Waals surface area contributed by atoms with Gasteiger partial charge in [0.05, 0.1) is 5.75 Å². The summed E-state index contributed by atoms with van der Waals surface area (Å²) < 4.78 is 0. The quantitative estimate of drug-likeness (QED) is 0.441. The summed E-state index contributed by atoms with van der Waals surface area (Å²) in [4.78, 5) is 11.6. The first-order chi connectivity index (χ1) is 5.72. The molecule has 0 aliphatic heterocycles. The highest BCUT2D eigenvalue weighted by molar-refractivity contribution is 7.99. The number of thiol groups is 2. The van der Waals surface area contributed by atoms with E-state index in [-0.39, 0.29) is 0 Å². The van der Waals surface area contributed by atoms with Gasteiger partial charge in [-0.15, -0.1) is 31.7 Å². The zero-order valence-electron chi connectivity index (χ0n) is 5.93. The fourth-order valence-electron chi connectivity index (χ4n) is 0.506. The molecule has 0 unspecified atom stereocenters. The molecule has 1 aromatic heterocycles. The van der Waals surface area contributed by atoms with E-state index in [1.807, 2.05) is 0 Å². The van der Waals surface area contributed by atoms with Crippen LogP contribution in [0, 0.1) is 12.3 Å². The standard InChI is InChI=1S/C6H5N3S3/c1-2-3-12-6-8-4(10)7-5(11)9-6/h1H,3H2,(H2,7,8,9,10,11). The minimum atomic E-state index is 0.356. The van der Waals surface area contributed by atoms with E-state index in [9.17, 15) is 0 Å². The second-order valence-corrected chi connectivity index (χ2v) is 3.45. The molecule has 0 fully saturated rings. The monoisotopic (exact) mass is 215 g/mol. The van der Waals surface area contributed by atoms with Crippen molar-refractivity contribution in [2.24, 2.45) is 0 Å². The van der Waals surface area contributed by atoms with Crippen molar-refractivity contribution in [3.05, 3.63) is 0 Å². The van der Waals surface area contributed by atoms with E-state index in [4.69, 9.17) is 6.42 Å². The van der Waals surface area contributed by atoms with Gasteiger partial charge < -0.3 is 0 Å². The number of nitrogens with zero attached hydrogens (tertiary/aromatic N) is 3. The van der Waals surface area contributed by atoms with Gasteiger partial charge in [-0.1, -0.05) is 17.7 Å². The first-order valence-electron chi connectivity index (χ1n) is 2.92. The van der Waals surface area contributed by atoms with Gasteiger partial charge in [0.2, 0.25) is 0 Å². The molecule has 0 saturated heterocycles. The molecule has 0 spiro atoms. The molecule has 62 valence electrons. The van der Waals surface area contributed by atoms with Gasteiger partial charge in [0, 0.05) is 0 Å². The van der Waals surface area contributed by atoms with E-state index in [1.165, 1.54) is 11.8 Å². The minimum absolute atomic E-state index is 0.356. The molecule has 0 aliphatic rings. The molecule has 0 amide bonds. The van der Waals surface area contributed by atoms with Crippen molar-refractivity contribution < 1.29 is 0 Å². The van der Waals surface area contributed by atoms with Gasteiger partial charge in [-0.3, -0.25) is 0 Å². The highest BCUT2D eigenvalue weighted by atomic mass is 32.2. The van der Waals surface area contributed by atoms with E-state index in [1.54, 1.807) is 0 Å². The number of hydrogen-bond donors (Lipinski definition) is 2.